The van der Waals surface area contributed by atoms with Crippen LogP contribution in [0.5, 0.6) is 5.88 Å². The summed E-state index contributed by atoms with van der Waals surface area (Å²) in [7, 11) is 3.42. The van der Waals surface area contributed by atoms with Crippen molar-refractivity contribution < 1.29 is 9.30 Å². The lowest BCUT2D eigenvalue weighted by Crippen LogP contribution is -2.28. The normalized spacial score (nSPS) is 9.40. The topological polar surface area (TPSA) is 52.0 Å². The van der Waals surface area contributed by atoms with Gasteiger partial charge in [-0.15, -0.1) is 0 Å². The molecule has 2 N–H and O–H groups in total. The van der Waals surface area contributed by atoms with Crippen molar-refractivity contribution in [1.29, 1.82) is 0 Å². The minimum atomic E-state index is 0.460. The van der Waals surface area contributed by atoms with Crippen molar-refractivity contribution in [3.63, 3.8) is 0 Å². The number of hydrogen-bond acceptors (Lipinski definition) is 3. The zero-order chi connectivity index (χ0) is 7.56. The van der Waals surface area contributed by atoms with Crippen LogP contribution in [0.4, 0.5) is 5.82 Å². The van der Waals surface area contributed by atoms with E-state index in [1.54, 1.807) is 24.1 Å². The van der Waals surface area contributed by atoms with Gasteiger partial charge in [0.2, 0.25) is 12.4 Å². The van der Waals surface area contributed by atoms with Crippen LogP contribution < -0.4 is 15.0 Å². The molecule has 54 valence electrons. The lowest BCUT2D eigenvalue weighted by molar-refractivity contribution is -0.671. The second kappa shape index (κ2) is 2.51. The molecule has 0 atom stereocenters. The van der Waals surface area contributed by atoms with E-state index in [1.165, 1.54) is 0 Å². The Hall–Kier alpha value is -1.32. The minimum Gasteiger partial charge on any atom is -0.477 e. The minimum absolute atomic E-state index is 0.460. The van der Waals surface area contributed by atoms with Gasteiger partial charge in [0.15, 0.2) is 5.82 Å². The van der Waals surface area contributed by atoms with Crippen LogP contribution in [0.1, 0.15) is 0 Å². The molecule has 4 heteroatoms. The predicted octanol–water partition coefficient (Wildman–Crippen LogP) is -0.503. The molecule has 1 aromatic rings. The monoisotopic (exact) mass is 140 g/mol. The van der Waals surface area contributed by atoms with E-state index >= 15 is 0 Å². The summed E-state index contributed by atoms with van der Waals surface area (Å²) in [6.07, 6.45) is 3.46. The first kappa shape index (κ1) is 6.80. The number of anilines is 1. The maximum absolute atomic E-state index is 5.42. The Morgan fingerprint density at radius 1 is 1.60 bits per heavy atom. The second-order valence-corrected chi connectivity index (χ2v) is 2.00. The van der Waals surface area contributed by atoms with Gasteiger partial charge in [0, 0.05) is 0 Å². The first-order valence-electron chi connectivity index (χ1n) is 2.89. The largest absolute Gasteiger partial charge is 0.477 e. The van der Waals surface area contributed by atoms with Crippen molar-refractivity contribution in [1.82, 2.24) is 4.98 Å². The third-order valence-corrected chi connectivity index (χ3v) is 1.10. The fourth-order valence-electron chi connectivity index (χ4n) is 0.703. The Labute approximate surface area is 59.3 Å². The Balaban J connectivity index is 3.06. The van der Waals surface area contributed by atoms with Crippen molar-refractivity contribution in [3.8, 4) is 5.88 Å². The van der Waals surface area contributed by atoms with E-state index in [1.807, 2.05) is 7.05 Å². The molecule has 0 aliphatic rings. The van der Waals surface area contributed by atoms with E-state index in [4.69, 9.17) is 10.5 Å². The number of aryl methyl sites for hydroxylation is 1. The molecule has 1 aromatic heterocycles. The number of aromatic nitrogens is 2. The Morgan fingerprint density at radius 2 is 2.30 bits per heavy atom. The van der Waals surface area contributed by atoms with E-state index < -0.39 is 0 Å². The lowest BCUT2D eigenvalue weighted by atomic mass is 10.6. The molecule has 0 aliphatic carbocycles. The number of methoxy groups -OCH3 is 1. The molecule has 0 amide bonds. The highest BCUT2D eigenvalue weighted by Crippen LogP contribution is 2.01. The standard InChI is InChI=1S/C6H10N3O/c1-9-3-5(7)8-6(4-9)10-2/h3-4H,1-2H3,(H2,7,8)/q+1. The number of nitrogens with zero attached hydrogens (tertiary/aromatic N) is 2. The third kappa shape index (κ3) is 1.34. The number of rotatable bonds is 1. The highest BCUT2D eigenvalue weighted by molar-refractivity contribution is 5.23. The molecule has 1 heterocycles. The second-order valence-electron chi connectivity index (χ2n) is 2.00. The molecule has 4 nitrogen and oxygen atoms in total. The summed E-state index contributed by atoms with van der Waals surface area (Å²) in [6.45, 7) is 0. The van der Waals surface area contributed by atoms with Crippen LogP contribution in [0.25, 0.3) is 0 Å². The maximum atomic E-state index is 5.42. The molecule has 1 rings (SSSR count). The van der Waals surface area contributed by atoms with Gasteiger partial charge in [-0.3, -0.25) is 0 Å². The smallest absolute Gasteiger partial charge is 0.281 e. The number of hydrogen-bond donors (Lipinski definition) is 1. The Kier molecular flexibility index (Phi) is 1.71. The molecule has 0 unspecified atom stereocenters. The molecule has 0 radical (unpaired) electrons. The van der Waals surface area contributed by atoms with E-state index in [2.05, 4.69) is 4.98 Å². The van der Waals surface area contributed by atoms with E-state index in [-0.39, 0.29) is 0 Å². The number of ether oxygens (including phenoxy) is 1. The van der Waals surface area contributed by atoms with Gasteiger partial charge in [-0.1, -0.05) is 0 Å². The summed E-state index contributed by atoms with van der Waals surface area (Å²) in [5.41, 5.74) is 5.42. The first-order chi connectivity index (χ1) is 4.72. The van der Waals surface area contributed by atoms with Crippen molar-refractivity contribution in [2.45, 2.75) is 0 Å². The van der Waals surface area contributed by atoms with Crippen LogP contribution in [0.3, 0.4) is 0 Å². The summed E-state index contributed by atoms with van der Waals surface area (Å²) in [5, 5.41) is 0. The molecule has 0 saturated heterocycles. The van der Waals surface area contributed by atoms with E-state index in [9.17, 15) is 0 Å². The average molecular weight is 140 g/mol. The molecule has 0 aliphatic heterocycles. The highest BCUT2D eigenvalue weighted by atomic mass is 16.5. The van der Waals surface area contributed by atoms with Gasteiger partial charge in [-0.25, -0.2) is 0 Å². The zero-order valence-corrected chi connectivity index (χ0v) is 6.03. The van der Waals surface area contributed by atoms with Crippen molar-refractivity contribution >= 4 is 5.82 Å². The van der Waals surface area contributed by atoms with E-state index in [0.29, 0.717) is 11.7 Å². The quantitative estimate of drug-likeness (QED) is 0.535. The Morgan fingerprint density at radius 3 is 2.80 bits per heavy atom. The van der Waals surface area contributed by atoms with Gasteiger partial charge in [0.05, 0.1) is 7.11 Å². The van der Waals surface area contributed by atoms with Crippen LogP contribution in [0, 0.1) is 0 Å². The molecule has 0 bridgehead atoms. The van der Waals surface area contributed by atoms with Crippen LogP contribution in [-0.2, 0) is 7.05 Å². The fraction of sp³-hybridized carbons (Fsp3) is 0.333. The molecule has 0 saturated carbocycles. The number of nitrogen functional groups attached to an aromatic ring is 1. The third-order valence-electron chi connectivity index (χ3n) is 1.10. The van der Waals surface area contributed by atoms with Crippen LogP contribution in [0.2, 0.25) is 0 Å². The molecule has 10 heavy (non-hydrogen) atoms. The zero-order valence-electron chi connectivity index (χ0n) is 6.03. The maximum Gasteiger partial charge on any atom is 0.281 e. The summed E-state index contributed by atoms with van der Waals surface area (Å²) in [4.78, 5) is 3.89. The number of nitrogens with two attached hydrogens (primary N) is 1. The van der Waals surface area contributed by atoms with Gasteiger partial charge >= 0.3 is 0 Å². The summed E-state index contributed by atoms with van der Waals surface area (Å²) in [6, 6.07) is 0. The van der Waals surface area contributed by atoms with Crippen molar-refractivity contribution in [3.05, 3.63) is 12.4 Å². The molecule has 0 fully saturated rings. The van der Waals surface area contributed by atoms with Gasteiger partial charge in [0.1, 0.15) is 7.05 Å². The van der Waals surface area contributed by atoms with Crippen molar-refractivity contribution in [2.24, 2.45) is 7.05 Å². The molecular formula is C6H10N3O+. The highest BCUT2D eigenvalue weighted by Gasteiger charge is 2.01. The van der Waals surface area contributed by atoms with Crippen molar-refractivity contribution in [2.75, 3.05) is 12.8 Å². The fourth-order valence-corrected chi connectivity index (χ4v) is 0.703. The molecule has 0 aromatic carbocycles. The summed E-state index contributed by atoms with van der Waals surface area (Å²) >= 11 is 0. The molecular weight excluding hydrogens is 130 g/mol. The molecule has 0 spiro atoms. The SMILES string of the molecule is COc1c[n+](C)cc(N)n1. The lowest BCUT2D eigenvalue weighted by Gasteiger charge is -1.95. The van der Waals surface area contributed by atoms with E-state index in [0.717, 1.165) is 0 Å². The summed E-state index contributed by atoms with van der Waals surface area (Å²) in [5.74, 6) is 0.990. The van der Waals surface area contributed by atoms with Gasteiger partial charge < -0.3 is 10.5 Å². The van der Waals surface area contributed by atoms with Crippen LogP contribution in [-0.4, -0.2) is 12.1 Å². The van der Waals surface area contributed by atoms with Crippen LogP contribution in [0.15, 0.2) is 12.4 Å². The Bertz CT molecular complexity index is 216. The van der Waals surface area contributed by atoms with Crippen LogP contribution >= 0.6 is 0 Å². The van der Waals surface area contributed by atoms with Gasteiger partial charge in [0.25, 0.3) is 5.88 Å². The predicted molar refractivity (Wildman–Crippen MR) is 36.4 cm³/mol. The summed E-state index contributed by atoms with van der Waals surface area (Å²) < 4.78 is 6.66. The van der Waals surface area contributed by atoms with Gasteiger partial charge in [-0.2, -0.15) is 9.55 Å². The van der Waals surface area contributed by atoms with Gasteiger partial charge in [-0.05, 0) is 0 Å². The average Bonchev–Trinajstić information content (AvgIpc) is 1.85. The first-order valence-corrected chi connectivity index (χ1v) is 2.89.